The minimum Gasteiger partial charge on any atom is -0.373 e. The Bertz CT molecular complexity index is 922. The van der Waals surface area contributed by atoms with Crippen LogP contribution in [0.25, 0.3) is 22.5 Å². The van der Waals surface area contributed by atoms with Gasteiger partial charge in [0.25, 0.3) is 0 Å². The molecular formula is C21H28N8. The second-order valence-corrected chi connectivity index (χ2v) is 7.65. The minimum atomic E-state index is 0.273. The molecule has 1 saturated carbocycles. The molecule has 0 aliphatic heterocycles. The fourth-order valence-corrected chi connectivity index (χ4v) is 3.98. The van der Waals surface area contributed by atoms with Crippen LogP contribution in [0.15, 0.2) is 36.7 Å². The Kier molecular flexibility index (Phi) is 5.71. The van der Waals surface area contributed by atoms with E-state index in [9.17, 15) is 0 Å². The van der Waals surface area contributed by atoms with Gasteiger partial charge in [-0.3, -0.25) is 5.10 Å². The van der Waals surface area contributed by atoms with Crippen LogP contribution in [0, 0.1) is 0 Å². The summed E-state index contributed by atoms with van der Waals surface area (Å²) in [6, 6.07) is 8.67. The van der Waals surface area contributed by atoms with Crippen LogP contribution >= 0.6 is 0 Å². The molecule has 0 radical (unpaired) electrons. The summed E-state index contributed by atoms with van der Waals surface area (Å²) < 4.78 is 0. The van der Waals surface area contributed by atoms with Crippen molar-refractivity contribution in [2.24, 2.45) is 5.73 Å². The van der Waals surface area contributed by atoms with Crippen LogP contribution in [0.3, 0.4) is 0 Å². The first kappa shape index (κ1) is 19.3. The number of nitrogens with zero attached hydrogens (tertiary/aromatic N) is 5. The molecule has 152 valence electrons. The predicted molar refractivity (Wildman–Crippen MR) is 116 cm³/mol. The molecule has 3 aromatic rings. The van der Waals surface area contributed by atoms with E-state index < -0.39 is 0 Å². The van der Waals surface area contributed by atoms with Gasteiger partial charge in [0.2, 0.25) is 0 Å². The van der Waals surface area contributed by atoms with Gasteiger partial charge < -0.3 is 16.0 Å². The van der Waals surface area contributed by atoms with Crippen LogP contribution in [0.1, 0.15) is 32.1 Å². The van der Waals surface area contributed by atoms with Crippen LogP contribution in [0.2, 0.25) is 0 Å². The number of pyridine rings is 1. The summed E-state index contributed by atoms with van der Waals surface area (Å²) in [6.45, 7) is 0. The van der Waals surface area contributed by atoms with Crippen molar-refractivity contribution in [3.8, 4) is 22.5 Å². The van der Waals surface area contributed by atoms with Gasteiger partial charge in [-0.1, -0.05) is 12.8 Å². The van der Waals surface area contributed by atoms with E-state index in [4.69, 9.17) is 10.7 Å². The number of H-pyrrole nitrogens is 1. The van der Waals surface area contributed by atoms with Crippen LogP contribution in [0.4, 0.5) is 11.6 Å². The molecule has 2 atom stereocenters. The Morgan fingerprint density at radius 2 is 1.93 bits per heavy atom. The number of anilines is 2. The predicted octanol–water partition coefficient (Wildman–Crippen LogP) is 3.07. The molecule has 4 N–H and O–H groups in total. The van der Waals surface area contributed by atoms with E-state index in [-0.39, 0.29) is 6.04 Å². The van der Waals surface area contributed by atoms with Gasteiger partial charge in [-0.2, -0.15) is 5.10 Å². The zero-order chi connectivity index (χ0) is 20.2. The monoisotopic (exact) mass is 392 g/mol. The van der Waals surface area contributed by atoms with Gasteiger partial charge in [0.05, 0.1) is 11.9 Å². The topological polar surface area (TPSA) is 109 Å². The number of nitrogens with two attached hydrogens (primary N) is 1. The highest BCUT2D eigenvalue weighted by molar-refractivity contribution is 5.76. The van der Waals surface area contributed by atoms with Crippen LogP contribution < -0.4 is 16.0 Å². The van der Waals surface area contributed by atoms with E-state index in [0.29, 0.717) is 6.04 Å². The summed E-state index contributed by atoms with van der Waals surface area (Å²) in [4.78, 5) is 6.94. The van der Waals surface area contributed by atoms with Gasteiger partial charge in [0.15, 0.2) is 5.82 Å². The van der Waals surface area contributed by atoms with E-state index in [0.717, 1.165) is 53.4 Å². The van der Waals surface area contributed by atoms with Gasteiger partial charge in [-0.15, -0.1) is 10.2 Å². The molecule has 1 unspecified atom stereocenters. The number of rotatable bonds is 5. The molecule has 29 heavy (non-hydrogen) atoms. The molecule has 0 amide bonds. The Labute approximate surface area is 170 Å². The zero-order valence-corrected chi connectivity index (χ0v) is 17.0. The molecular weight excluding hydrogens is 364 g/mol. The Balaban J connectivity index is 1.54. The van der Waals surface area contributed by atoms with E-state index >= 15 is 0 Å². The molecule has 1 aliphatic rings. The number of hydrogen-bond donors (Lipinski definition) is 3. The molecule has 0 bridgehead atoms. The minimum absolute atomic E-state index is 0.273. The molecule has 3 heterocycles. The average molecular weight is 393 g/mol. The summed E-state index contributed by atoms with van der Waals surface area (Å²) in [6.07, 6.45) is 9.32. The van der Waals surface area contributed by atoms with Gasteiger partial charge in [0.1, 0.15) is 11.5 Å². The van der Waals surface area contributed by atoms with Crippen molar-refractivity contribution in [3.63, 3.8) is 0 Å². The van der Waals surface area contributed by atoms with Gasteiger partial charge >= 0.3 is 0 Å². The van der Waals surface area contributed by atoms with Gasteiger partial charge in [-0.25, -0.2) is 4.98 Å². The highest BCUT2D eigenvalue weighted by Gasteiger charge is 2.22. The molecule has 1 aliphatic carbocycles. The number of aromatic nitrogens is 5. The largest absolute Gasteiger partial charge is 0.373 e. The van der Waals surface area contributed by atoms with Crippen molar-refractivity contribution < 1.29 is 0 Å². The molecule has 1 fully saturated rings. The van der Waals surface area contributed by atoms with E-state index in [1.54, 1.807) is 6.20 Å². The van der Waals surface area contributed by atoms with Crippen LogP contribution in [0.5, 0.6) is 0 Å². The van der Waals surface area contributed by atoms with E-state index in [1.165, 1.54) is 12.8 Å². The highest BCUT2D eigenvalue weighted by atomic mass is 15.3. The lowest BCUT2D eigenvalue weighted by atomic mass is 10.1. The molecule has 0 saturated heterocycles. The van der Waals surface area contributed by atoms with E-state index in [1.807, 2.05) is 37.5 Å². The lowest BCUT2D eigenvalue weighted by Crippen LogP contribution is -2.36. The summed E-state index contributed by atoms with van der Waals surface area (Å²) in [5.74, 6) is 1.65. The highest BCUT2D eigenvalue weighted by Crippen LogP contribution is 2.29. The molecule has 0 aromatic carbocycles. The third-order valence-corrected chi connectivity index (χ3v) is 5.70. The van der Waals surface area contributed by atoms with Crippen LogP contribution in [-0.2, 0) is 0 Å². The quantitative estimate of drug-likeness (QED) is 0.573. The van der Waals surface area contributed by atoms with Crippen molar-refractivity contribution in [3.05, 3.63) is 36.7 Å². The van der Waals surface area contributed by atoms with Crippen molar-refractivity contribution in [1.82, 2.24) is 25.4 Å². The third-order valence-electron chi connectivity index (χ3n) is 5.70. The lowest BCUT2D eigenvalue weighted by molar-refractivity contribution is 0.508. The third kappa shape index (κ3) is 4.22. The summed E-state index contributed by atoms with van der Waals surface area (Å²) in [5.41, 5.74) is 9.73. The molecule has 0 spiro atoms. The smallest absolute Gasteiger partial charge is 0.151 e. The second kappa shape index (κ2) is 8.57. The number of aromatic amines is 1. The fraction of sp³-hybridized carbons (Fsp3) is 0.429. The van der Waals surface area contributed by atoms with Crippen molar-refractivity contribution in [1.29, 1.82) is 0 Å². The molecule has 4 rings (SSSR count). The number of nitrogens with one attached hydrogen (secondary N) is 2. The fourth-order valence-electron chi connectivity index (χ4n) is 3.98. The standard InChI is InChI=1S/C21H28N8/c1-23-21-17(14-12-24-25-13-14)7-8-18(26-21)19-9-10-20(28-27-19)29(2)16-6-4-3-5-15(22)11-16/h7-10,12-13,15-16H,3-6,11,22H2,1-2H3,(H,23,26)(H,24,25)/t15?,16-/m0/s1. The molecule has 3 aromatic heterocycles. The summed E-state index contributed by atoms with van der Waals surface area (Å²) in [5, 5.41) is 18.9. The Morgan fingerprint density at radius 1 is 1.10 bits per heavy atom. The first-order chi connectivity index (χ1) is 14.2. The Morgan fingerprint density at radius 3 is 2.66 bits per heavy atom. The zero-order valence-electron chi connectivity index (χ0n) is 17.0. The van der Waals surface area contributed by atoms with Gasteiger partial charge in [-0.05, 0) is 43.5 Å². The average Bonchev–Trinajstić information content (AvgIpc) is 3.21. The summed E-state index contributed by atoms with van der Waals surface area (Å²) in [7, 11) is 3.94. The van der Waals surface area contributed by atoms with Crippen molar-refractivity contribution >= 4 is 11.6 Å². The molecule has 8 heteroatoms. The van der Waals surface area contributed by atoms with Crippen molar-refractivity contribution in [2.75, 3.05) is 24.3 Å². The first-order valence-corrected chi connectivity index (χ1v) is 10.2. The lowest BCUT2D eigenvalue weighted by Gasteiger charge is -2.29. The first-order valence-electron chi connectivity index (χ1n) is 10.2. The van der Waals surface area contributed by atoms with Crippen molar-refractivity contribution in [2.45, 2.75) is 44.2 Å². The van der Waals surface area contributed by atoms with Gasteiger partial charge in [0, 0.05) is 43.5 Å². The maximum absolute atomic E-state index is 6.23. The normalized spacial score (nSPS) is 19.6. The summed E-state index contributed by atoms with van der Waals surface area (Å²) >= 11 is 0. The Hall–Kier alpha value is -3.00. The second-order valence-electron chi connectivity index (χ2n) is 7.65. The number of hydrogen-bond acceptors (Lipinski definition) is 7. The molecule has 8 nitrogen and oxygen atoms in total. The van der Waals surface area contributed by atoms with Crippen LogP contribution in [-0.4, -0.2) is 51.6 Å². The maximum Gasteiger partial charge on any atom is 0.151 e. The SMILES string of the molecule is CNc1nc(-c2ccc(N(C)[C@H]3CCCCC(N)C3)nn2)ccc1-c1cn[nH]c1. The maximum atomic E-state index is 6.23. The van der Waals surface area contributed by atoms with E-state index in [2.05, 4.69) is 37.7 Å².